The summed E-state index contributed by atoms with van der Waals surface area (Å²) in [5, 5.41) is 7.27. The highest BCUT2D eigenvalue weighted by Gasteiger charge is 2.11. The van der Waals surface area contributed by atoms with Gasteiger partial charge in [0.1, 0.15) is 5.82 Å². The Morgan fingerprint density at radius 3 is 2.71 bits per heavy atom. The van der Waals surface area contributed by atoms with Crippen molar-refractivity contribution in [1.82, 2.24) is 9.97 Å². The van der Waals surface area contributed by atoms with E-state index >= 15 is 0 Å². The molecule has 1 heterocycles. The fourth-order valence-corrected chi connectivity index (χ4v) is 2.46. The highest BCUT2D eigenvalue weighted by atomic mass is 79.9. The Bertz CT molecular complexity index is 649. The summed E-state index contributed by atoms with van der Waals surface area (Å²) in [5.74, 6) is 1.29. The van der Waals surface area contributed by atoms with E-state index in [1.54, 1.807) is 6.20 Å². The maximum atomic E-state index is 6.24. The Morgan fingerprint density at radius 1 is 1.24 bits per heavy atom. The predicted molar refractivity (Wildman–Crippen MR) is 93.0 cm³/mol. The van der Waals surface area contributed by atoms with Crippen molar-refractivity contribution in [2.45, 2.75) is 20.3 Å². The van der Waals surface area contributed by atoms with Crippen LogP contribution in [0.4, 0.5) is 17.5 Å². The van der Waals surface area contributed by atoms with Crippen molar-refractivity contribution >= 4 is 56.6 Å². The zero-order chi connectivity index (χ0) is 15.4. The molecule has 0 spiro atoms. The van der Waals surface area contributed by atoms with Crippen molar-refractivity contribution in [2.24, 2.45) is 0 Å². The lowest BCUT2D eigenvalue weighted by atomic mass is 10.3. The Hall–Kier alpha value is -1.04. The van der Waals surface area contributed by atoms with E-state index in [2.05, 4.69) is 43.5 Å². The molecule has 0 saturated carbocycles. The average molecular weight is 390 g/mol. The number of nitrogens with one attached hydrogen (secondary N) is 2. The van der Waals surface area contributed by atoms with Gasteiger partial charge in [0.25, 0.3) is 0 Å². The second-order valence-corrected chi connectivity index (χ2v) is 6.11. The smallest absolute Gasteiger partial charge is 0.224 e. The van der Waals surface area contributed by atoms with Gasteiger partial charge in [-0.05, 0) is 41.4 Å². The Labute approximate surface area is 142 Å². The Morgan fingerprint density at radius 2 is 2.00 bits per heavy atom. The minimum absolute atomic E-state index is 0.451. The zero-order valence-electron chi connectivity index (χ0n) is 11.7. The molecule has 112 valence electrons. The Kier molecular flexibility index (Phi) is 5.67. The third-order valence-electron chi connectivity index (χ3n) is 2.79. The molecule has 7 heteroatoms. The van der Waals surface area contributed by atoms with Gasteiger partial charge in [0.2, 0.25) is 5.95 Å². The number of nitrogens with zero attached hydrogens (tertiary/aromatic N) is 2. The maximum absolute atomic E-state index is 6.24. The van der Waals surface area contributed by atoms with Crippen LogP contribution in [0.3, 0.4) is 0 Å². The largest absolute Gasteiger partial charge is 0.354 e. The number of anilines is 3. The van der Waals surface area contributed by atoms with Crippen molar-refractivity contribution in [3.05, 3.63) is 38.4 Å². The first-order chi connectivity index (χ1) is 10.0. The molecule has 1 aromatic heterocycles. The number of halogens is 3. The van der Waals surface area contributed by atoms with Gasteiger partial charge in [-0.1, -0.05) is 30.1 Å². The van der Waals surface area contributed by atoms with E-state index in [9.17, 15) is 0 Å². The van der Waals surface area contributed by atoms with E-state index in [0.29, 0.717) is 27.5 Å². The molecule has 2 N–H and O–H groups in total. The molecule has 0 bridgehead atoms. The van der Waals surface area contributed by atoms with Crippen molar-refractivity contribution in [3.8, 4) is 0 Å². The van der Waals surface area contributed by atoms with Gasteiger partial charge in [-0.25, -0.2) is 4.98 Å². The SMILES string of the molecule is CCCNc1ncc(C)c(Nc2ccc(Br)c(Cl)c2Cl)n1. The maximum Gasteiger partial charge on any atom is 0.224 e. The molecule has 21 heavy (non-hydrogen) atoms. The number of hydrogen-bond donors (Lipinski definition) is 2. The standard InChI is InChI=1S/C14H15BrCl2N4/c1-3-6-18-14-19-7-8(2)13(21-14)20-10-5-4-9(15)11(16)12(10)17/h4-5,7H,3,6H2,1-2H3,(H2,18,19,20,21). The topological polar surface area (TPSA) is 49.8 Å². The van der Waals surface area contributed by atoms with E-state index in [1.807, 2.05) is 19.1 Å². The zero-order valence-corrected chi connectivity index (χ0v) is 14.8. The van der Waals surface area contributed by atoms with Crippen LogP contribution in [0.1, 0.15) is 18.9 Å². The van der Waals surface area contributed by atoms with Gasteiger partial charge in [0.15, 0.2) is 0 Å². The molecule has 1 aromatic carbocycles. The van der Waals surface area contributed by atoms with Gasteiger partial charge in [-0.2, -0.15) is 4.98 Å². The highest BCUT2D eigenvalue weighted by molar-refractivity contribution is 9.10. The first-order valence-electron chi connectivity index (χ1n) is 6.51. The van der Waals surface area contributed by atoms with Crippen LogP contribution in [0.5, 0.6) is 0 Å². The molecular formula is C14H15BrCl2N4. The highest BCUT2D eigenvalue weighted by Crippen LogP contribution is 2.37. The first-order valence-corrected chi connectivity index (χ1v) is 8.05. The summed E-state index contributed by atoms with van der Waals surface area (Å²) in [6.45, 7) is 4.84. The molecule has 0 fully saturated rings. The van der Waals surface area contributed by atoms with E-state index in [0.717, 1.165) is 23.0 Å². The van der Waals surface area contributed by atoms with Crippen molar-refractivity contribution in [3.63, 3.8) is 0 Å². The van der Waals surface area contributed by atoms with Gasteiger partial charge in [0, 0.05) is 22.8 Å². The molecule has 0 saturated heterocycles. The second-order valence-electron chi connectivity index (χ2n) is 4.50. The van der Waals surface area contributed by atoms with Crippen LogP contribution in [0, 0.1) is 6.92 Å². The van der Waals surface area contributed by atoms with E-state index in [4.69, 9.17) is 23.2 Å². The monoisotopic (exact) mass is 388 g/mol. The molecule has 0 aliphatic rings. The minimum Gasteiger partial charge on any atom is -0.354 e. The summed E-state index contributed by atoms with van der Waals surface area (Å²) >= 11 is 15.7. The Balaban J connectivity index is 2.28. The van der Waals surface area contributed by atoms with Gasteiger partial charge < -0.3 is 10.6 Å². The lowest BCUT2D eigenvalue weighted by molar-refractivity contribution is 0.950. The fourth-order valence-electron chi connectivity index (χ4n) is 1.64. The van der Waals surface area contributed by atoms with Gasteiger partial charge in [-0.3, -0.25) is 0 Å². The van der Waals surface area contributed by atoms with Crippen LogP contribution in [0.2, 0.25) is 10.0 Å². The summed E-state index contributed by atoms with van der Waals surface area (Å²) in [7, 11) is 0. The summed E-state index contributed by atoms with van der Waals surface area (Å²) in [6, 6.07) is 3.68. The van der Waals surface area contributed by atoms with Crippen LogP contribution in [0.25, 0.3) is 0 Å². The summed E-state index contributed by atoms with van der Waals surface area (Å²) in [4.78, 5) is 8.69. The molecule has 0 atom stereocenters. The molecule has 2 aromatic rings. The molecule has 0 radical (unpaired) electrons. The fraction of sp³-hybridized carbons (Fsp3) is 0.286. The van der Waals surface area contributed by atoms with Crippen LogP contribution >= 0.6 is 39.1 Å². The van der Waals surface area contributed by atoms with Crippen molar-refractivity contribution < 1.29 is 0 Å². The first kappa shape index (κ1) is 16.3. The quantitative estimate of drug-likeness (QED) is 0.670. The predicted octanol–water partition coefficient (Wildman–Crippen LogP) is 5.42. The lowest BCUT2D eigenvalue weighted by Gasteiger charge is -2.13. The molecule has 0 aliphatic carbocycles. The molecule has 0 aliphatic heterocycles. The summed E-state index contributed by atoms with van der Waals surface area (Å²) in [6.07, 6.45) is 2.77. The summed E-state index contributed by atoms with van der Waals surface area (Å²) < 4.78 is 0.754. The van der Waals surface area contributed by atoms with E-state index in [1.165, 1.54) is 0 Å². The minimum atomic E-state index is 0.451. The number of aromatic nitrogens is 2. The van der Waals surface area contributed by atoms with Gasteiger partial charge in [-0.15, -0.1) is 0 Å². The average Bonchev–Trinajstić information content (AvgIpc) is 2.48. The summed E-state index contributed by atoms with van der Waals surface area (Å²) in [5.41, 5.74) is 1.63. The number of hydrogen-bond acceptors (Lipinski definition) is 4. The van der Waals surface area contributed by atoms with E-state index in [-0.39, 0.29) is 0 Å². The lowest BCUT2D eigenvalue weighted by Crippen LogP contribution is -2.07. The van der Waals surface area contributed by atoms with Crippen molar-refractivity contribution in [1.29, 1.82) is 0 Å². The van der Waals surface area contributed by atoms with E-state index < -0.39 is 0 Å². The van der Waals surface area contributed by atoms with Crippen molar-refractivity contribution in [2.75, 3.05) is 17.2 Å². The third kappa shape index (κ3) is 3.99. The number of rotatable bonds is 5. The second kappa shape index (κ2) is 7.29. The van der Waals surface area contributed by atoms with Gasteiger partial charge in [0.05, 0.1) is 15.7 Å². The van der Waals surface area contributed by atoms with Crippen LogP contribution in [0.15, 0.2) is 22.8 Å². The molecule has 0 unspecified atom stereocenters. The van der Waals surface area contributed by atoms with Crippen LogP contribution < -0.4 is 10.6 Å². The number of aryl methyl sites for hydroxylation is 1. The molecule has 0 amide bonds. The molecule has 2 rings (SSSR count). The molecular weight excluding hydrogens is 375 g/mol. The van der Waals surface area contributed by atoms with Crippen LogP contribution in [-0.4, -0.2) is 16.5 Å². The third-order valence-corrected chi connectivity index (χ3v) is 4.56. The van der Waals surface area contributed by atoms with Crippen LogP contribution in [-0.2, 0) is 0 Å². The van der Waals surface area contributed by atoms with Gasteiger partial charge >= 0.3 is 0 Å². The number of benzene rings is 1. The molecule has 4 nitrogen and oxygen atoms in total. The normalized spacial score (nSPS) is 10.5.